The lowest BCUT2D eigenvalue weighted by molar-refractivity contribution is -0.136. The van der Waals surface area contributed by atoms with Gasteiger partial charge in [0.2, 0.25) is 11.8 Å². The van der Waals surface area contributed by atoms with Crippen molar-refractivity contribution < 1.29 is 14.4 Å². The molecule has 5 heteroatoms. The van der Waals surface area contributed by atoms with Crippen LogP contribution in [0.2, 0.25) is 0 Å². The highest BCUT2D eigenvalue weighted by Crippen LogP contribution is 2.16. The van der Waals surface area contributed by atoms with E-state index in [4.69, 9.17) is 0 Å². The van der Waals surface area contributed by atoms with Gasteiger partial charge in [0.25, 0.3) is 0 Å². The monoisotopic (exact) mass is 330 g/mol. The van der Waals surface area contributed by atoms with Gasteiger partial charge in [0.15, 0.2) is 0 Å². The lowest BCUT2D eigenvalue weighted by Gasteiger charge is -2.20. The Morgan fingerprint density at radius 1 is 1.17 bits per heavy atom. The summed E-state index contributed by atoms with van der Waals surface area (Å²) in [6.07, 6.45) is 5.77. The number of benzene rings is 1. The normalized spacial score (nSPS) is 16.8. The van der Waals surface area contributed by atoms with Crippen LogP contribution >= 0.6 is 0 Å². The number of hydrogen-bond acceptors (Lipinski definition) is 3. The Hall–Kier alpha value is -2.17. The number of amides is 2. The van der Waals surface area contributed by atoms with Crippen molar-refractivity contribution in [2.45, 2.75) is 51.0 Å². The molecule has 1 heterocycles. The van der Waals surface area contributed by atoms with Crippen LogP contribution in [0.4, 0.5) is 0 Å². The van der Waals surface area contributed by atoms with Crippen LogP contribution in [0.25, 0.3) is 0 Å². The van der Waals surface area contributed by atoms with E-state index in [1.807, 2.05) is 18.2 Å². The van der Waals surface area contributed by atoms with Crippen molar-refractivity contribution in [2.75, 3.05) is 13.1 Å². The van der Waals surface area contributed by atoms with E-state index in [-0.39, 0.29) is 30.7 Å². The van der Waals surface area contributed by atoms with E-state index in [0.717, 1.165) is 38.4 Å². The van der Waals surface area contributed by atoms with Crippen molar-refractivity contribution in [1.29, 1.82) is 0 Å². The van der Waals surface area contributed by atoms with E-state index in [1.165, 1.54) is 5.56 Å². The van der Waals surface area contributed by atoms with Crippen LogP contribution < -0.4 is 5.32 Å². The Kier molecular flexibility index (Phi) is 7.46. The summed E-state index contributed by atoms with van der Waals surface area (Å²) >= 11 is 0. The van der Waals surface area contributed by atoms with Gasteiger partial charge in [-0.05, 0) is 37.7 Å². The Balaban J connectivity index is 1.55. The third kappa shape index (κ3) is 5.80. The number of aldehydes is 1. The molecule has 1 aliphatic rings. The Morgan fingerprint density at radius 2 is 1.96 bits per heavy atom. The van der Waals surface area contributed by atoms with Gasteiger partial charge in [-0.3, -0.25) is 9.59 Å². The molecule has 1 saturated heterocycles. The minimum Gasteiger partial charge on any atom is -0.356 e. The maximum Gasteiger partial charge on any atom is 0.223 e. The number of nitrogens with zero attached hydrogens (tertiary/aromatic N) is 1. The van der Waals surface area contributed by atoms with Crippen LogP contribution in [-0.4, -0.2) is 42.1 Å². The molecule has 0 spiro atoms. The fraction of sp³-hybridized carbons (Fsp3) is 0.526. The standard InChI is InChI=1S/C19H26N2O3/c22-15-17-10-6-14-21(17)19(24)12-11-18(23)20-13-5-4-9-16-7-2-1-3-8-16/h1-3,7-8,15,17H,4-6,9-14H2,(H,20,23)/t17-/m0/s1. The van der Waals surface area contributed by atoms with Gasteiger partial charge < -0.3 is 15.0 Å². The summed E-state index contributed by atoms with van der Waals surface area (Å²) in [6.45, 7) is 1.27. The molecule has 5 nitrogen and oxygen atoms in total. The molecule has 1 aromatic rings. The van der Waals surface area contributed by atoms with Crippen LogP contribution in [-0.2, 0) is 20.8 Å². The summed E-state index contributed by atoms with van der Waals surface area (Å²) in [5.41, 5.74) is 1.31. The SMILES string of the molecule is O=C[C@@H]1CCCN1C(=O)CCC(=O)NCCCCc1ccccc1. The summed E-state index contributed by atoms with van der Waals surface area (Å²) in [7, 11) is 0. The first-order chi connectivity index (χ1) is 11.7. The van der Waals surface area contributed by atoms with E-state index in [1.54, 1.807) is 4.90 Å². The molecular formula is C19H26N2O3. The maximum atomic E-state index is 12.0. The van der Waals surface area contributed by atoms with Crippen LogP contribution in [0.5, 0.6) is 0 Å². The topological polar surface area (TPSA) is 66.5 Å². The quantitative estimate of drug-likeness (QED) is 0.557. The lowest BCUT2D eigenvalue weighted by atomic mass is 10.1. The maximum absolute atomic E-state index is 12.0. The van der Waals surface area contributed by atoms with Crippen LogP contribution in [0.15, 0.2) is 30.3 Å². The van der Waals surface area contributed by atoms with Gasteiger partial charge in [0.05, 0.1) is 6.04 Å². The van der Waals surface area contributed by atoms with E-state index >= 15 is 0 Å². The molecule has 0 bridgehead atoms. The Bertz CT molecular complexity index is 545. The fourth-order valence-corrected chi connectivity index (χ4v) is 3.02. The zero-order valence-electron chi connectivity index (χ0n) is 14.1. The number of likely N-dealkylation sites (tertiary alicyclic amines) is 1. The van der Waals surface area contributed by atoms with Crippen molar-refractivity contribution in [3.63, 3.8) is 0 Å². The number of rotatable bonds is 9. The second kappa shape index (κ2) is 9.85. The smallest absolute Gasteiger partial charge is 0.223 e. The fourth-order valence-electron chi connectivity index (χ4n) is 3.02. The summed E-state index contributed by atoms with van der Waals surface area (Å²) in [5, 5.41) is 2.86. The van der Waals surface area contributed by atoms with E-state index in [0.29, 0.717) is 13.1 Å². The van der Waals surface area contributed by atoms with Crippen molar-refractivity contribution in [2.24, 2.45) is 0 Å². The molecule has 1 aromatic carbocycles. The first kappa shape index (κ1) is 18.2. The van der Waals surface area contributed by atoms with Crippen molar-refractivity contribution >= 4 is 18.1 Å². The van der Waals surface area contributed by atoms with Gasteiger partial charge in [0.1, 0.15) is 6.29 Å². The molecule has 0 aromatic heterocycles. The zero-order valence-corrected chi connectivity index (χ0v) is 14.1. The van der Waals surface area contributed by atoms with Gasteiger partial charge in [-0.25, -0.2) is 0 Å². The first-order valence-corrected chi connectivity index (χ1v) is 8.76. The molecule has 1 fully saturated rings. The lowest BCUT2D eigenvalue weighted by Crippen LogP contribution is -2.37. The second-order valence-electron chi connectivity index (χ2n) is 6.23. The highest BCUT2D eigenvalue weighted by atomic mass is 16.2. The molecule has 24 heavy (non-hydrogen) atoms. The molecule has 1 N–H and O–H groups in total. The first-order valence-electron chi connectivity index (χ1n) is 8.76. The van der Waals surface area contributed by atoms with Gasteiger partial charge in [-0.15, -0.1) is 0 Å². The van der Waals surface area contributed by atoms with E-state index in [9.17, 15) is 14.4 Å². The third-order valence-electron chi connectivity index (χ3n) is 4.40. The molecule has 2 amide bonds. The molecular weight excluding hydrogens is 304 g/mol. The largest absolute Gasteiger partial charge is 0.356 e. The van der Waals surface area contributed by atoms with Crippen LogP contribution in [0.3, 0.4) is 0 Å². The summed E-state index contributed by atoms with van der Waals surface area (Å²) < 4.78 is 0. The summed E-state index contributed by atoms with van der Waals surface area (Å²) in [5.74, 6) is -0.186. The Labute approximate surface area is 143 Å². The molecule has 1 atom stereocenters. The van der Waals surface area contributed by atoms with Crippen LogP contribution in [0, 0.1) is 0 Å². The second-order valence-corrected chi connectivity index (χ2v) is 6.23. The molecule has 1 aliphatic heterocycles. The number of carbonyl (C=O) groups excluding carboxylic acids is 3. The number of nitrogens with one attached hydrogen (secondary N) is 1. The van der Waals surface area contributed by atoms with Gasteiger partial charge in [-0.2, -0.15) is 0 Å². The minimum absolute atomic E-state index is 0.0927. The zero-order chi connectivity index (χ0) is 17.2. The van der Waals surface area contributed by atoms with Crippen LogP contribution in [0.1, 0.15) is 44.1 Å². The highest BCUT2D eigenvalue weighted by Gasteiger charge is 2.27. The number of carbonyl (C=O) groups is 3. The number of aryl methyl sites for hydroxylation is 1. The highest BCUT2D eigenvalue weighted by molar-refractivity contribution is 5.85. The molecule has 0 aliphatic carbocycles. The third-order valence-corrected chi connectivity index (χ3v) is 4.40. The van der Waals surface area contributed by atoms with Crippen molar-refractivity contribution in [3.05, 3.63) is 35.9 Å². The van der Waals surface area contributed by atoms with E-state index < -0.39 is 0 Å². The van der Waals surface area contributed by atoms with Gasteiger partial charge in [0, 0.05) is 25.9 Å². The predicted molar refractivity (Wildman–Crippen MR) is 92.4 cm³/mol. The Morgan fingerprint density at radius 3 is 2.71 bits per heavy atom. The van der Waals surface area contributed by atoms with E-state index in [2.05, 4.69) is 17.4 Å². The average Bonchev–Trinajstić information content (AvgIpc) is 3.09. The van der Waals surface area contributed by atoms with Crippen molar-refractivity contribution in [1.82, 2.24) is 10.2 Å². The minimum atomic E-state index is -0.293. The predicted octanol–water partition coefficient (Wildman–Crippen LogP) is 2.10. The molecule has 0 saturated carbocycles. The summed E-state index contributed by atoms with van der Waals surface area (Å²) in [4.78, 5) is 36.3. The van der Waals surface area contributed by atoms with Crippen molar-refractivity contribution in [3.8, 4) is 0 Å². The summed E-state index contributed by atoms with van der Waals surface area (Å²) in [6, 6.07) is 9.99. The van der Waals surface area contributed by atoms with Gasteiger partial charge >= 0.3 is 0 Å². The molecule has 0 radical (unpaired) electrons. The molecule has 0 unspecified atom stereocenters. The molecule has 2 rings (SSSR count). The van der Waals surface area contributed by atoms with Gasteiger partial charge in [-0.1, -0.05) is 30.3 Å². The number of unbranched alkanes of at least 4 members (excludes halogenated alkanes) is 1. The number of hydrogen-bond donors (Lipinski definition) is 1. The molecule has 130 valence electrons. The average molecular weight is 330 g/mol.